The Bertz CT molecular complexity index is 569. The van der Waals surface area contributed by atoms with Crippen molar-refractivity contribution in [3.8, 4) is 0 Å². The van der Waals surface area contributed by atoms with Gasteiger partial charge in [-0.15, -0.1) is 0 Å². The Labute approximate surface area is 123 Å². The van der Waals surface area contributed by atoms with Crippen LogP contribution in [0, 0.1) is 0 Å². The van der Waals surface area contributed by atoms with E-state index in [4.69, 9.17) is 34.3 Å². The van der Waals surface area contributed by atoms with Gasteiger partial charge in [0.1, 0.15) is 4.99 Å². The summed E-state index contributed by atoms with van der Waals surface area (Å²) >= 11 is 10.8. The lowest BCUT2D eigenvalue weighted by Gasteiger charge is -2.06. The summed E-state index contributed by atoms with van der Waals surface area (Å²) in [6, 6.07) is 15.4. The molecule has 19 heavy (non-hydrogen) atoms. The van der Waals surface area contributed by atoms with Crippen LogP contribution in [-0.4, -0.2) is 4.99 Å². The van der Waals surface area contributed by atoms with E-state index in [0.717, 1.165) is 21.7 Å². The predicted molar refractivity (Wildman–Crippen MR) is 82.3 cm³/mol. The molecule has 2 nitrogen and oxygen atoms in total. The first-order valence-corrected chi connectivity index (χ1v) is 6.65. The first-order chi connectivity index (χ1) is 9.15. The number of hydrogen-bond acceptors (Lipinski definition) is 2. The van der Waals surface area contributed by atoms with Crippen LogP contribution in [-0.2, 0) is 18.0 Å². The molecule has 0 spiro atoms. The number of ether oxygens (including phenoxy) is 1. The molecule has 0 aromatic heterocycles. The van der Waals surface area contributed by atoms with Crippen molar-refractivity contribution in [3.05, 3.63) is 70.2 Å². The molecule has 0 saturated heterocycles. The number of nitrogens with two attached hydrogens (primary N) is 1. The molecule has 0 radical (unpaired) electrons. The molecular formula is C15H14ClNOS. The second-order valence-electron chi connectivity index (χ2n) is 4.18. The fraction of sp³-hybridized carbons (Fsp3) is 0.133. The van der Waals surface area contributed by atoms with Crippen molar-refractivity contribution < 1.29 is 4.74 Å². The van der Waals surface area contributed by atoms with Crippen LogP contribution >= 0.6 is 23.8 Å². The number of rotatable bonds is 5. The average Bonchev–Trinajstić information content (AvgIpc) is 2.39. The Balaban J connectivity index is 1.87. The highest BCUT2D eigenvalue weighted by atomic mass is 35.5. The van der Waals surface area contributed by atoms with Gasteiger partial charge in [0.05, 0.1) is 13.2 Å². The minimum absolute atomic E-state index is 0.409. The van der Waals surface area contributed by atoms with Crippen molar-refractivity contribution in [2.75, 3.05) is 0 Å². The van der Waals surface area contributed by atoms with Gasteiger partial charge < -0.3 is 10.5 Å². The third-order valence-electron chi connectivity index (χ3n) is 2.66. The molecule has 2 aromatic rings. The molecule has 0 atom stereocenters. The third kappa shape index (κ3) is 4.31. The lowest BCUT2D eigenvalue weighted by molar-refractivity contribution is 0.107. The van der Waals surface area contributed by atoms with Gasteiger partial charge in [0.25, 0.3) is 0 Å². The summed E-state index contributed by atoms with van der Waals surface area (Å²) in [6.07, 6.45) is 0. The van der Waals surface area contributed by atoms with E-state index in [1.54, 1.807) is 0 Å². The zero-order chi connectivity index (χ0) is 13.7. The van der Waals surface area contributed by atoms with E-state index >= 15 is 0 Å². The Morgan fingerprint density at radius 3 is 2.37 bits per heavy atom. The van der Waals surface area contributed by atoms with Crippen LogP contribution in [0.4, 0.5) is 0 Å². The maximum atomic E-state index is 5.91. The Morgan fingerprint density at radius 1 is 1.05 bits per heavy atom. The Kier molecular flexibility index (Phi) is 4.91. The van der Waals surface area contributed by atoms with E-state index in [-0.39, 0.29) is 0 Å². The van der Waals surface area contributed by atoms with E-state index in [2.05, 4.69) is 0 Å². The monoisotopic (exact) mass is 291 g/mol. The van der Waals surface area contributed by atoms with Gasteiger partial charge in [0.2, 0.25) is 0 Å². The quantitative estimate of drug-likeness (QED) is 0.853. The van der Waals surface area contributed by atoms with Gasteiger partial charge in [-0.25, -0.2) is 0 Å². The molecule has 2 aromatic carbocycles. The van der Waals surface area contributed by atoms with Crippen LogP contribution in [0.15, 0.2) is 48.5 Å². The molecule has 4 heteroatoms. The second kappa shape index (κ2) is 6.66. The third-order valence-corrected chi connectivity index (χ3v) is 3.14. The highest BCUT2D eigenvalue weighted by Crippen LogP contribution is 2.12. The summed E-state index contributed by atoms with van der Waals surface area (Å²) in [4.78, 5) is 0.409. The Morgan fingerprint density at radius 2 is 1.74 bits per heavy atom. The van der Waals surface area contributed by atoms with Gasteiger partial charge in [0.15, 0.2) is 0 Å². The van der Waals surface area contributed by atoms with E-state index in [1.165, 1.54) is 0 Å². The molecule has 2 rings (SSSR count). The molecule has 0 aliphatic rings. The summed E-state index contributed by atoms with van der Waals surface area (Å²) in [5, 5.41) is 0.724. The average molecular weight is 292 g/mol. The Hall–Kier alpha value is -1.42. The first-order valence-electron chi connectivity index (χ1n) is 5.86. The largest absolute Gasteiger partial charge is 0.389 e. The molecule has 2 N–H and O–H groups in total. The van der Waals surface area contributed by atoms with Crippen LogP contribution in [0.5, 0.6) is 0 Å². The van der Waals surface area contributed by atoms with Crippen molar-refractivity contribution >= 4 is 28.8 Å². The number of halogens is 1. The smallest absolute Gasteiger partial charge is 0.103 e. The highest BCUT2D eigenvalue weighted by molar-refractivity contribution is 7.80. The van der Waals surface area contributed by atoms with Crippen molar-refractivity contribution in [1.82, 2.24) is 0 Å². The normalized spacial score (nSPS) is 10.4. The van der Waals surface area contributed by atoms with Crippen molar-refractivity contribution in [2.45, 2.75) is 13.2 Å². The van der Waals surface area contributed by atoms with E-state index in [9.17, 15) is 0 Å². The first kappa shape index (κ1) is 14.0. The molecule has 0 aliphatic carbocycles. The van der Waals surface area contributed by atoms with E-state index < -0.39 is 0 Å². The second-order valence-corrected chi connectivity index (χ2v) is 5.06. The zero-order valence-electron chi connectivity index (χ0n) is 10.3. The topological polar surface area (TPSA) is 35.2 Å². The lowest BCUT2D eigenvalue weighted by Crippen LogP contribution is -2.09. The van der Waals surface area contributed by atoms with E-state index in [1.807, 2.05) is 48.5 Å². The van der Waals surface area contributed by atoms with Crippen molar-refractivity contribution in [2.24, 2.45) is 5.73 Å². The fourth-order valence-electron chi connectivity index (χ4n) is 1.68. The lowest BCUT2D eigenvalue weighted by atomic mass is 10.1. The van der Waals surface area contributed by atoms with Crippen LogP contribution in [0.25, 0.3) is 0 Å². The van der Waals surface area contributed by atoms with Crippen LogP contribution in [0.3, 0.4) is 0 Å². The van der Waals surface area contributed by atoms with E-state index in [0.29, 0.717) is 18.2 Å². The number of thiocarbonyl (C=S) groups is 1. The van der Waals surface area contributed by atoms with Gasteiger partial charge in [-0.3, -0.25) is 0 Å². The summed E-state index contributed by atoms with van der Waals surface area (Å²) in [5.41, 5.74) is 8.56. The zero-order valence-corrected chi connectivity index (χ0v) is 11.9. The van der Waals surface area contributed by atoms with Crippen molar-refractivity contribution in [3.63, 3.8) is 0 Å². The number of hydrogen-bond donors (Lipinski definition) is 1. The summed E-state index contributed by atoms with van der Waals surface area (Å²) in [7, 11) is 0. The molecule has 0 heterocycles. The molecule has 0 bridgehead atoms. The standard InChI is InChI=1S/C15H14ClNOS/c16-14-3-1-2-12(8-14)10-18-9-11-4-6-13(7-5-11)15(17)19/h1-8H,9-10H2,(H2,17,19). The minimum atomic E-state index is 0.409. The fourth-order valence-corrected chi connectivity index (χ4v) is 2.03. The maximum Gasteiger partial charge on any atom is 0.103 e. The molecule has 98 valence electrons. The van der Waals surface area contributed by atoms with Gasteiger partial charge in [0, 0.05) is 10.6 Å². The molecular weight excluding hydrogens is 278 g/mol. The van der Waals surface area contributed by atoms with Crippen LogP contribution in [0.1, 0.15) is 16.7 Å². The van der Waals surface area contributed by atoms with Gasteiger partial charge in [-0.05, 0) is 23.3 Å². The molecule has 0 amide bonds. The summed E-state index contributed by atoms with van der Waals surface area (Å²) < 4.78 is 5.64. The molecule has 0 aliphatic heterocycles. The summed E-state index contributed by atoms with van der Waals surface area (Å²) in [5.74, 6) is 0. The molecule has 0 unspecified atom stereocenters. The van der Waals surface area contributed by atoms with Crippen molar-refractivity contribution in [1.29, 1.82) is 0 Å². The SMILES string of the molecule is NC(=S)c1ccc(COCc2cccc(Cl)c2)cc1. The van der Waals surface area contributed by atoms with Gasteiger partial charge in [-0.1, -0.05) is 60.2 Å². The number of benzene rings is 2. The maximum absolute atomic E-state index is 5.91. The van der Waals surface area contributed by atoms with Gasteiger partial charge >= 0.3 is 0 Å². The van der Waals surface area contributed by atoms with Crippen LogP contribution in [0.2, 0.25) is 5.02 Å². The predicted octanol–water partition coefficient (Wildman–Crippen LogP) is 3.69. The molecule has 0 saturated carbocycles. The van der Waals surface area contributed by atoms with Crippen LogP contribution < -0.4 is 5.73 Å². The molecule has 0 fully saturated rings. The van der Waals surface area contributed by atoms with Gasteiger partial charge in [-0.2, -0.15) is 0 Å². The minimum Gasteiger partial charge on any atom is -0.389 e. The highest BCUT2D eigenvalue weighted by Gasteiger charge is 1.98. The summed E-state index contributed by atoms with van der Waals surface area (Å²) in [6.45, 7) is 1.09.